The van der Waals surface area contributed by atoms with Crippen molar-refractivity contribution < 1.29 is 28.6 Å². The van der Waals surface area contributed by atoms with Gasteiger partial charge in [0.15, 0.2) is 6.10 Å². The standard InChI is InChI=1S/C76H142O6/c1-4-7-10-13-16-19-22-25-27-29-31-33-34-35-36-37-38-39-40-41-42-44-45-47-49-51-54-57-60-63-66-69-75(78)81-72-73(71-80-74(77)68-65-62-59-56-53-24-21-18-15-12-9-6-3)82-76(79)70-67-64-61-58-55-52-50-48-46-43-32-30-28-26-23-20-17-14-11-8-5-2/h18,21,23,26,30,32,73H,4-17,19-20,22,24-25,27-29,31,33-72H2,1-3H3/b21-18-,26-23-,32-30-. The van der Waals surface area contributed by atoms with Crippen molar-refractivity contribution in [1.29, 1.82) is 0 Å². The van der Waals surface area contributed by atoms with E-state index in [0.29, 0.717) is 19.3 Å². The van der Waals surface area contributed by atoms with E-state index < -0.39 is 6.10 Å². The molecule has 0 aromatic heterocycles. The minimum Gasteiger partial charge on any atom is -0.462 e. The van der Waals surface area contributed by atoms with Gasteiger partial charge in [-0.15, -0.1) is 0 Å². The van der Waals surface area contributed by atoms with Crippen LogP contribution in [0.5, 0.6) is 0 Å². The van der Waals surface area contributed by atoms with Gasteiger partial charge in [-0.1, -0.05) is 353 Å². The van der Waals surface area contributed by atoms with E-state index in [1.165, 1.54) is 302 Å². The lowest BCUT2D eigenvalue weighted by atomic mass is 10.0. The first-order chi connectivity index (χ1) is 40.5. The third-order valence-corrected chi connectivity index (χ3v) is 16.9. The van der Waals surface area contributed by atoms with E-state index in [1.54, 1.807) is 0 Å². The van der Waals surface area contributed by atoms with E-state index in [9.17, 15) is 14.4 Å². The lowest BCUT2D eigenvalue weighted by Crippen LogP contribution is -2.30. The van der Waals surface area contributed by atoms with Crippen molar-refractivity contribution in [3.8, 4) is 0 Å². The molecular formula is C76H142O6. The fourth-order valence-corrected chi connectivity index (χ4v) is 11.3. The van der Waals surface area contributed by atoms with Gasteiger partial charge in [0.05, 0.1) is 0 Å². The summed E-state index contributed by atoms with van der Waals surface area (Å²) in [4.78, 5) is 38.4. The highest BCUT2D eigenvalue weighted by atomic mass is 16.6. The van der Waals surface area contributed by atoms with Crippen LogP contribution in [0.1, 0.15) is 412 Å². The molecule has 0 saturated heterocycles. The van der Waals surface area contributed by atoms with Crippen LogP contribution in [-0.2, 0) is 28.6 Å². The zero-order chi connectivity index (χ0) is 59.2. The number of carbonyl (C=O) groups is 3. The van der Waals surface area contributed by atoms with Crippen LogP contribution in [0.15, 0.2) is 36.5 Å². The zero-order valence-corrected chi connectivity index (χ0v) is 55.5. The van der Waals surface area contributed by atoms with Gasteiger partial charge in [-0.25, -0.2) is 0 Å². The Morgan fingerprint density at radius 3 is 0.707 bits per heavy atom. The van der Waals surface area contributed by atoms with Crippen LogP contribution in [0.25, 0.3) is 0 Å². The Hall–Kier alpha value is -2.37. The van der Waals surface area contributed by atoms with Gasteiger partial charge in [-0.2, -0.15) is 0 Å². The Balaban J connectivity index is 4.13. The number of carbonyl (C=O) groups excluding carboxylic acids is 3. The molecule has 0 heterocycles. The van der Waals surface area contributed by atoms with Gasteiger partial charge in [-0.05, 0) is 77.0 Å². The van der Waals surface area contributed by atoms with E-state index in [1.807, 2.05) is 0 Å². The minimum absolute atomic E-state index is 0.0720. The monoisotopic (exact) mass is 1150 g/mol. The summed E-state index contributed by atoms with van der Waals surface area (Å²) < 4.78 is 17.0. The van der Waals surface area contributed by atoms with Crippen LogP contribution in [0.3, 0.4) is 0 Å². The Bertz CT molecular complexity index is 1370. The van der Waals surface area contributed by atoms with Crippen LogP contribution in [0, 0.1) is 0 Å². The highest BCUT2D eigenvalue weighted by molar-refractivity contribution is 5.71. The van der Waals surface area contributed by atoms with Gasteiger partial charge in [0.25, 0.3) is 0 Å². The van der Waals surface area contributed by atoms with E-state index in [2.05, 4.69) is 57.2 Å². The second kappa shape index (κ2) is 71.1. The number of unbranched alkanes of at least 4 members (excludes halogenated alkanes) is 52. The molecule has 0 aromatic carbocycles. The quantitative estimate of drug-likeness (QED) is 0.0261. The molecule has 1 unspecified atom stereocenters. The predicted molar refractivity (Wildman–Crippen MR) is 358 cm³/mol. The van der Waals surface area contributed by atoms with Gasteiger partial charge in [-0.3, -0.25) is 14.4 Å². The topological polar surface area (TPSA) is 78.9 Å². The van der Waals surface area contributed by atoms with Gasteiger partial charge in [0.1, 0.15) is 13.2 Å². The average molecular weight is 1150 g/mol. The smallest absolute Gasteiger partial charge is 0.306 e. The molecule has 0 aliphatic rings. The lowest BCUT2D eigenvalue weighted by molar-refractivity contribution is -0.167. The molecule has 0 rings (SSSR count). The summed E-state index contributed by atoms with van der Waals surface area (Å²) in [6.07, 6.45) is 89.1. The van der Waals surface area contributed by atoms with E-state index in [0.717, 1.165) is 70.6 Å². The van der Waals surface area contributed by atoms with Crippen LogP contribution < -0.4 is 0 Å². The van der Waals surface area contributed by atoms with Crippen molar-refractivity contribution in [2.45, 2.75) is 419 Å². The number of rotatable bonds is 69. The number of allylic oxidation sites excluding steroid dienone is 6. The SMILES string of the molecule is CCCCC/C=C\CCCCCCCC(=O)OCC(COC(=O)CCCCCCCCCCCCCCCCCCCCCCCCCCCCCCCCC)OC(=O)CCCCCCCCCCC/C=C\C/C=C\CCCCCCC. The van der Waals surface area contributed by atoms with Crippen molar-refractivity contribution in [3.63, 3.8) is 0 Å². The number of hydrogen-bond donors (Lipinski definition) is 0. The molecule has 82 heavy (non-hydrogen) atoms. The normalized spacial score (nSPS) is 12.2. The molecular weight excluding hydrogens is 1010 g/mol. The molecule has 1 atom stereocenters. The maximum atomic E-state index is 12.9. The lowest BCUT2D eigenvalue weighted by Gasteiger charge is -2.18. The molecule has 0 aliphatic carbocycles. The summed E-state index contributed by atoms with van der Waals surface area (Å²) in [6, 6.07) is 0. The first-order valence-corrected chi connectivity index (χ1v) is 37.0. The van der Waals surface area contributed by atoms with Gasteiger partial charge in [0, 0.05) is 19.3 Å². The molecule has 0 N–H and O–H groups in total. The Morgan fingerprint density at radius 1 is 0.244 bits per heavy atom. The van der Waals surface area contributed by atoms with E-state index >= 15 is 0 Å². The fraction of sp³-hybridized carbons (Fsp3) is 0.882. The highest BCUT2D eigenvalue weighted by Crippen LogP contribution is 2.19. The van der Waals surface area contributed by atoms with Crippen molar-refractivity contribution in [2.24, 2.45) is 0 Å². The Morgan fingerprint density at radius 2 is 0.439 bits per heavy atom. The van der Waals surface area contributed by atoms with Crippen molar-refractivity contribution in [3.05, 3.63) is 36.5 Å². The highest BCUT2D eigenvalue weighted by Gasteiger charge is 2.19. The molecule has 0 fully saturated rings. The van der Waals surface area contributed by atoms with E-state index in [4.69, 9.17) is 14.2 Å². The molecule has 0 radical (unpaired) electrons. The fourth-order valence-electron chi connectivity index (χ4n) is 11.3. The number of hydrogen-bond acceptors (Lipinski definition) is 6. The van der Waals surface area contributed by atoms with Gasteiger partial charge >= 0.3 is 17.9 Å². The largest absolute Gasteiger partial charge is 0.462 e. The van der Waals surface area contributed by atoms with Gasteiger partial charge < -0.3 is 14.2 Å². The third-order valence-electron chi connectivity index (χ3n) is 16.9. The van der Waals surface area contributed by atoms with Crippen molar-refractivity contribution in [1.82, 2.24) is 0 Å². The van der Waals surface area contributed by atoms with Crippen molar-refractivity contribution in [2.75, 3.05) is 13.2 Å². The molecule has 0 amide bonds. The third kappa shape index (κ3) is 68.4. The molecule has 0 saturated carbocycles. The Labute approximate surface area is 512 Å². The molecule has 6 nitrogen and oxygen atoms in total. The average Bonchev–Trinajstić information content (AvgIpc) is 3.47. The first kappa shape index (κ1) is 79.6. The van der Waals surface area contributed by atoms with Gasteiger partial charge in [0.2, 0.25) is 0 Å². The predicted octanol–water partition coefficient (Wildman–Crippen LogP) is 25.5. The summed E-state index contributed by atoms with van der Waals surface area (Å²) in [5.74, 6) is -0.858. The Kier molecular flexibility index (Phi) is 69.1. The molecule has 482 valence electrons. The first-order valence-electron chi connectivity index (χ1n) is 37.0. The van der Waals surface area contributed by atoms with Crippen LogP contribution in [0.2, 0.25) is 0 Å². The minimum atomic E-state index is -0.777. The zero-order valence-electron chi connectivity index (χ0n) is 55.5. The number of ether oxygens (including phenoxy) is 3. The molecule has 6 heteroatoms. The van der Waals surface area contributed by atoms with E-state index in [-0.39, 0.29) is 31.1 Å². The summed E-state index contributed by atoms with van der Waals surface area (Å²) in [6.45, 7) is 6.67. The second-order valence-corrected chi connectivity index (χ2v) is 25.2. The summed E-state index contributed by atoms with van der Waals surface area (Å²) >= 11 is 0. The van der Waals surface area contributed by atoms with Crippen LogP contribution in [-0.4, -0.2) is 37.2 Å². The maximum absolute atomic E-state index is 12.9. The van der Waals surface area contributed by atoms with Crippen LogP contribution >= 0.6 is 0 Å². The molecule has 0 aliphatic heterocycles. The van der Waals surface area contributed by atoms with Crippen LogP contribution in [0.4, 0.5) is 0 Å². The summed E-state index contributed by atoms with van der Waals surface area (Å²) in [5, 5.41) is 0. The molecule has 0 spiro atoms. The van der Waals surface area contributed by atoms with Crippen molar-refractivity contribution >= 4 is 17.9 Å². The number of esters is 3. The maximum Gasteiger partial charge on any atom is 0.306 e. The second-order valence-electron chi connectivity index (χ2n) is 25.2. The summed E-state index contributed by atoms with van der Waals surface area (Å²) in [5.41, 5.74) is 0. The molecule has 0 bridgehead atoms. The molecule has 0 aromatic rings. The summed E-state index contributed by atoms with van der Waals surface area (Å²) in [7, 11) is 0.